The first kappa shape index (κ1) is 20.6. The molecule has 1 aliphatic carbocycles. The van der Waals surface area contributed by atoms with E-state index in [-0.39, 0.29) is 12.4 Å². The molecule has 4 rings (SSSR count). The minimum absolute atomic E-state index is 0. The van der Waals surface area contributed by atoms with E-state index < -0.39 is 0 Å². The predicted molar refractivity (Wildman–Crippen MR) is 100 cm³/mol. The molecule has 2 bridgehead atoms. The Morgan fingerprint density at radius 2 is 1.50 bits per heavy atom. The lowest BCUT2D eigenvalue weighted by molar-refractivity contribution is -0.00000656. The number of anilines is 1. The molecule has 0 unspecified atom stereocenters. The summed E-state index contributed by atoms with van der Waals surface area (Å²) in [6.07, 6.45) is 8.07. The van der Waals surface area contributed by atoms with E-state index in [0.717, 1.165) is 36.4 Å². The minimum atomic E-state index is 0. The van der Waals surface area contributed by atoms with Crippen LogP contribution in [-0.2, 0) is 0 Å². The van der Waals surface area contributed by atoms with Crippen LogP contribution in [-0.4, -0.2) is 26.3 Å². The third-order valence-electron chi connectivity index (χ3n) is 5.50. The van der Waals surface area contributed by atoms with E-state index in [1.54, 1.807) is 6.07 Å². The van der Waals surface area contributed by atoms with Crippen molar-refractivity contribution >= 4 is 11.4 Å². The van der Waals surface area contributed by atoms with Crippen molar-refractivity contribution in [3.8, 4) is 11.5 Å². The Labute approximate surface area is 163 Å². The number of hydrogen-bond donors (Lipinski definition) is 0. The van der Waals surface area contributed by atoms with Gasteiger partial charge in [0.2, 0.25) is 11.1 Å². The zero-order valence-electron chi connectivity index (χ0n) is 15.9. The van der Waals surface area contributed by atoms with Crippen LogP contribution in [0.4, 0.5) is 11.4 Å². The lowest BCUT2D eigenvalue weighted by atomic mass is 9.82. The zero-order valence-corrected chi connectivity index (χ0v) is 16.7. The molecule has 2 aliphatic heterocycles. The molecule has 0 amide bonds. The van der Waals surface area contributed by atoms with E-state index in [2.05, 4.69) is 9.88 Å². The summed E-state index contributed by atoms with van der Waals surface area (Å²) in [5, 5.41) is 9.33. The van der Waals surface area contributed by atoms with E-state index in [4.69, 9.17) is 9.47 Å². The fourth-order valence-electron chi connectivity index (χ4n) is 4.34. The summed E-state index contributed by atoms with van der Waals surface area (Å²) in [5.74, 6) is 2.93. The Morgan fingerprint density at radius 1 is 0.962 bits per heavy atom. The second kappa shape index (κ2) is 9.87. The summed E-state index contributed by atoms with van der Waals surface area (Å²) in [6, 6.07) is 3.80. The van der Waals surface area contributed by atoms with Gasteiger partial charge in [0.15, 0.2) is 10.7 Å². The number of diazo groups is 1. The third-order valence-corrected chi connectivity index (χ3v) is 5.50. The van der Waals surface area contributed by atoms with Crippen molar-refractivity contribution in [2.75, 3.05) is 31.2 Å². The highest BCUT2D eigenvalue weighted by Crippen LogP contribution is 2.42. The lowest BCUT2D eigenvalue weighted by Crippen LogP contribution is -3.00. The van der Waals surface area contributed by atoms with Gasteiger partial charge in [0.05, 0.1) is 25.0 Å². The molecule has 1 aromatic carbocycles. The number of hydrogen-bond acceptors (Lipinski definition) is 4. The molecule has 3 fully saturated rings. The van der Waals surface area contributed by atoms with Crippen molar-refractivity contribution in [3.05, 3.63) is 17.1 Å². The summed E-state index contributed by atoms with van der Waals surface area (Å²) < 4.78 is 11.6. The Balaban J connectivity index is 0.00000243. The molecule has 1 saturated carbocycles. The Kier molecular flexibility index (Phi) is 7.84. The predicted octanol–water partition coefficient (Wildman–Crippen LogP) is 2.38. The van der Waals surface area contributed by atoms with E-state index in [1.807, 2.05) is 19.9 Å². The zero-order chi connectivity index (χ0) is 17.6. The SMILES string of the molecule is CCOc1cc(N2CC3CCCC(CCC3)C2)c(OCC)cc1[N+]#N.[Cl-]. The molecule has 0 atom stereocenters. The van der Waals surface area contributed by atoms with Crippen molar-refractivity contribution in [2.45, 2.75) is 52.4 Å². The molecule has 144 valence electrons. The maximum absolute atomic E-state index is 9.33. The average Bonchev–Trinajstić information content (AvgIpc) is 2.55. The van der Waals surface area contributed by atoms with Gasteiger partial charge in [-0.25, -0.2) is 0 Å². The standard InChI is InChI=1S/C20H30N3O2.ClH/c1-3-24-19-12-18(20(25-4-2)11-17(19)22-21)23-13-15-7-5-8-16(14-23)10-6-9-15;/h11-12,15-16H,3-10,13-14H2,1-2H3;1H/q+1;/p-1. The maximum Gasteiger partial charge on any atom is 0.430 e. The molecule has 1 aromatic rings. The molecule has 0 aromatic heterocycles. The van der Waals surface area contributed by atoms with E-state index in [0.29, 0.717) is 24.7 Å². The number of fused-ring (bicyclic) bond motifs is 6. The number of nitrogens with zero attached hydrogens (tertiary/aromatic N) is 3. The van der Waals surface area contributed by atoms with Gasteiger partial charge in [0.25, 0.3) is 0 Å². The van der Waals surface area contributed by atoms with Gasteiger partial charge in [-0.1, -0.05) is 12.8 Å². The van der Waals surface area contributed by atoms with Gasteiger partial charge in [-0.3, -0.25) is 0 Å². The Bertz CT molecular complexity index is 608. The second-order valence-corrected chi connectivity index (χ2v) is 7.25. The Hall–Kier alpha value is -1.67. The number of ether oxygens (including phenoxy) is 2. The fourth-order valence-corrected chi connectivity index (χ4v) is 4.34. The van der Waals surface area contributed by atoms with Gasteiger partial charge >= 0.3 is 5.69 Å². The maximum atomic E-state index is 9.33. The molecule has 6 heteroatoms. The monoisotopic (exact) mass is 379 g/mol. The highest BCUT2D eigenvalue weighted by molar-refractivity contribution is 5.72. The van der Waals surface area contributed by atoms with Crippen molar-refractivity contribution in [2.24, 2.45) is 11.8 Å². The van der Waals surface area contributed by atoms with Gasteiger partial charge in [0.1, 0.15) is 0 Å². The number of rotatable bonds is 5. The van der Waals surface area contributed by atoms with Crippen LogP contribution in [0.1, 0.15) is 52.4 Å². The van der Waals surface area contributed by atoms with Crippen LogP contribution in [0.2, 0.25) is 0 Å². The molecule has 2 saturated heterocycles. The van der Waals surface area contributed by atoms with E-state index in [9.17, 15) is 5.39 Å². The van der Waals surface area contributed by atoms with Gasteiger partial charge in [-0.05, 0) is 51.4 Å². The number of benzene rings is 1. The Morgan fingerprint density at radius 3 is 2.00 bits per heavy atom. The van der Waals surface area contributed by atoms with Crippen LogP contribution < -0.4 is 26.8 Å². The quantitative estimate of drug-likeness (QED) is 0.737. The highest BCUT2D eigenvalue weighted by Gasteiger charge is 2.29. The van der Waals surface area contributed by atoms with Crippen LogP contribution >= 0.6 is 0 Å². The topological polar surface area (TPSA) is 49.9 Å². The van der Waals surface area contributed by atoms with Gasteiger partial charge < -0.3 is 26.8 Å². The van der Waals surface area contributed by atoms with Gasteiger partial charge in [-0.15, -0.1) is 0 Å². The molecule has 5 nitrogen and oxygen atoms in total. The van der Waals surface area contributed by atoms with Gasteiger partial charge in [-0.2, -0.15) is 0 Å². The summed E-state index contributed by atoms with van der Waals surface area (Å²) in [5.41, 5.74) is 1.51. The lowest BCUT2D eigenvalue weighted by Gasteiger charge is -2.38. The summed E-state index contributed by atoms with van der Waals surface area (Å²) in [4.78, 5) is 5.87. The first-order valence-corrected chi connectivity index (χ1v) is 9.78. The average molecular weight is 380 g/mol. The molecule has 26 heavy (non-hydrogen) atoms. The molecule has 3 aliphatic rings. The summed E-state index contributed by atoms with van der Waals surface area (Å²) >= 11 is 0. The van der Waals surface area contributed by atoms with Crippen LogP contribution in [0.5, 0.6) is 11.5 Å². The number of halogens is 1. The van der Waals surface area contributed by atoms with Crippen LogP contribution in [0.15, 0.2) is 12.1 Å². The van der Waals surface area contributed by atoms with Crippen LogP contribution in [0, 0.1) is 17.2 Å². The largest absolute Gasteiger partial charge is 1.00 e. The third kappa shape index (κ3) is 4.73. The fraction of sp³-hybridized carbons (Fsp3) is 0.700. The van der Waals surface area contributed by atoms with Gasteiger partial charge in [0, 0.05) is 19.2 Å². The molecular weight excluding hydrogens is 350 g/mol. The molecule has 0 N–H and O–H groups in total. The van der Waals surface area contributed by atoms with Crippen molar-refractivity contribution in [1.82, 2.24) is 0 Å². The van der Waals surface area contributed by atoms with Crippen LogP contribution in [0.3, 0.4) is 0 Å². The van der Waals surface area contributed by atoms with Crippen molar-refractivity contribution in [3.63, 3.8) is 0 Å². The second-order valence-electron chi connectivity index (χ2n) is 7.25. The molecular formula is C20H30ClN3O2. The van der Waals surface area contributed by atoms with E-state index in [1.165, 1.54) is 38.5 Å². The minimum Gasteiger partial charge on any atom is -1.00 e. The smallest absolute Gasteiger partial charge is 0.430 e. The van der Waals surface area contributed by atoms with Crippen LogP contribution in [0.25, 0.3) is 4.98 Å². The molecule has 2 heterocycles. The summed E-state index contributed by atoms with van der Waals surface area (Å²) in [6.45, 7) is 7.22. The summed E-state index contributed by atoms with van der Waals surface area (Å²) in [7, 11) is 0. The van der Waals surface area contributed by atoms with E-state index >= 15 is 0 Å². The van der Waals surface area contributed by atoms with Crippen molar-refractivity contribution in [1.29, 1.82) is 5.39 Å². The van der Waals surface area contributed by atoms with Crippen molar-refractivity contribution < 1.29 is 21.9 Å². The first-order chi connectivity index (χ1) is 12.2. The highest BCUT2D eigenvalue weighted by atomic mass is 35.5. The molecule has 0 radical (unpaired) electrons. The molecule has 0 spiro atoms. The first-order valence-electron chi connectivity index (χ1n) is 9.78. The normalized spacial score (nSPS) is 22.4.